The van der Waals surface area contributed by atoms with Crippen LogP contribution in [-0.2, 0) is 20.9 Å². The van der Waals surface area contributed by atoms with E-state index in [0.29, 0.717) is 23.6 Å². The van der Waals surface area contributed by atoms with E-state index in [-0.39, 0.29) is 12.5 Å². The van der Waals surface area contributed by atoms with Crippen molar-refractivity contribution in [3.8, 4) is 11.5 Å². The molecule has 0 radical (unpaired) electrons. The molecule has 0 saturated heterocycles. The van der Waals surface area contributed by atoms with E-state index in [1.165, 1.54) is 20.3 Å². The van der Waals surface area contributed by atoms with Crippen LogP contribution in [0.25, 0.3) is 6.08 Å². The van der Waals surface area contributed by atoms with Gasteiger partial charge in [0, 0.05) is 16.5 Å². The molecule has 0 fully saturated rings. The van der Waals surface area contributed by atoms with Crippen molar-refractivity contribution >= 4 is 29.3 Å². The van der Waals surface area contributed by atoms with Crippen LogP contribution in [0.3, 0.4) is 0 Å². The number of methoxy groups -OCH3 is 2. The van der Waals surface area contributed by atoms with E-state index in [4.69, 9.17) is 14.2 Å². The number of rotatable bonds is 8. The predicted octanol–water partition coefficient (Wildman–Crippen LogP) is 2.64. The van der Waals surface area contributed by atoms with Gasteiger partial charge in [0.25, 0.3) is 5.91 Å². The van der Waals surface area contributed by atoms with Gasteiger partial charge in [-0.3, -0.25) is 4.79 Å². The van der Waals surface area contributed by atoms with E-state index in [1.54, 1.807) is 35.6 Å². The molecule has 1 aromatic carbocycles. The molecule has 1 N–H and O–H groups in total. The van der Waals surface area contributed by atoms with Gasteiger partial charge in [-0.05, 0) is 23.6 Å². The van der Waals surface area contributed by atoms with Crippen LogP contribution in [0, 0.1) is 0 Å². The number of esters is 1. The third-order valence-electron chi connectivity index (χ3n) is 3.22. The summed E-state index contributed by atoms with van der Waals surface area (Å²) in [7, 11) is 3.06. The summed E-state index contributed by atoms with van der Waals surface area (Å²) < 4.78 is 15.4. The number of amides is 1. The summed E-state index contributed by atoms with van der Waals surface area (Å²) in [6, 6.07) is 9.14. The van der Waals surface area contributed by atoms with Crippen LogP contribution in [0.5, 0.6) is 11.5 Å². The lowest BCUT2D eigenvalue weighted by Gasteiger charge is -2.09. The molecule has 1 heterocycles. The highest BCUT2D eigenvalue weighted by molar-refractivity contribution is 7.09. The quantitative estimate of drug-likeness (QED) is 0.578. The molecule has 132 valence electrons. The first-order valence-corrected chi connectivity index (χ1v) is 8.37. The number of nitrogens with one attached hydrogen (secondary N) is 1. The van der Waals surface area contributed by atoms with Crippen LogP contribution in [-0.4, -0.2) is 32.7 Å². The standard InChI is InChI=1S/C18H19NO5S/c1-22-15-7-3-5-13(18(15)23-2)8-9-17(21)24-12-16(20)19-11-14-6-4-10-25-14/h3-10H,11-12H2,1-2H3,(H,19,20)/b9-8+. The van der Waals surface area contributed by atoms with Crippen molar-refractivity contribution in [3.05, 3.63) is 52.2 Å². The molecular formula is C18H19NO5S. The Kier molecular flexibility index (Phi) is 7.03. The average molecular weight is 361 g/mol. The number of ether oxygens (including phenoxy) is 3. The van der Waals surface area contributed by atoms with E-state index >= 15 is 0 Å². The third-order valence-corrected chi connectivity index (χ3v) is 4.09. The second-order valence-electron chi connectivity index (χ2n) is 4.88. The van der Waals surface area contributed by atoms with Gasteiger partial charge in [0.15, 0.2) is 18.1 Å². The van der Waals surface area contributed by atoms with E-state index in [2.05, 4.69) is 5.32 Å². The third kappa shape index (κ3) is 5.65. The topological polar surface area (TPSA) is 73.9 Å². The summed E-state index contributed by atoms with van der Waals surface area (Å²) in [5, 5.41) is 4.61. The summed E-state index contributed by atoms with van der Waals surface area (Å²) in [5.74, 6) is 0.110. The molecule has 0 unspecified atom stereocenters. The fourth-order valence-electron chi connectivity index (χ4n) is 2.04. The summed E-state index contributed by atoms with van der Waals surface area (Å²) in [6.07, 6.45) is 2.79. The molecule has 0 atom stereocenters. The zero-order valence-corrected chi connectivity index (χ0v) is 14.8. The van der Waals surface area contributed by atoms with E-state index in [1.807, 2.05) is 17.5 Å². The Morgan fingerprint density at radius 1 is 1.16 bits per heavy atom. The number of para-hydroxylation sites is 1. The fourth-order valence-corrected chi connectivity index (χ4v) is 2.68. The maximum absolute atomic E-state index is 11.7. The van der Waals surface area contributed by atoms with Crippen LogP contribution in [0.4, 0.5) is 0 Å². The van der Waals surface area contributed by atoms with Gasteiger partial charge in [0.05, 0.1) is 20.8 Å². The summed E-state index contributed by atoms with van der Waals surface area (Å²) in [6.45, 7) is 0.0920. The number of hydrogen-bond acceptors (Lipinski definition) is 6. The van der Waals surface area contributed by atoms with Gasteiger partial charge in [-0.2, -0.15) is 0 Å². The average Bonchev–Trinajstić information content (AvgIpc) is 3.16. The van der Waals surface area contributed by atoms with Crippen molar-refractivity contribution in [2.24, 2.45) is 0 Å². The first kappa shape index (κ1) is 18.5. The molecule has 0 spiro atoms. The highest BCUT2D eigenvalue weighted by atomic mass is 32.1. The van der Waals surface area contributed by atoms with Crippen molar-refractivity contribution in [2.75, 3.05) is 20.8 Å². The van der Waals surface area contributed by atoms with Gasteiger partial charge in [0.2, 0.25) is 0 Å². The summed E-state index contributed by atoms with van der Waals surface area (Å²) in [4.78, 5) is 24.4. The van der Waals surface area contributed by atoms with Gasteiger partial charge < -0.3 is 19.5 Å². The molecule has 0 aliphatic carbocycles. The second-order valence-corrected chi connectivity index (χ2v) is 5.91. The van der Waals surface area contributed by atoms with Crippen LogP contribution < -0.4 is 14.8 Å². The lowest BCUT2D eigenvalue weighted by Crippen LogP contribution is -2.27. The van der Waals surface area contributed by atoms with Crippen molar-refractivity contribution in [1.29, 1.82) is 0 Å². The molecule has 0 saturated carbocycles. The Morgan fingerprint density at radius 3 is 2.68 bits per heavy atom. The first-order chi connectivity index (χ1) is 12.1. The maximum atomic E-state index is 11.7. The van der Waals surface area contributed by atoms with E-state index in [0.717, 1.165) is 4.88 Å². The van der Waals surface area contributed by atoms with Gasteiger partial charge in [0.1, 0.15) is 0 Å². The maximum Gasteiger partial charge on any atom is 0.331 e. The molecule has 25 heavy (non-hydrogen) atoms. The number of carbonyl (C=O) groups is 2. The molecule has 1 amide bonds. The monoisotopic (exact) mass is 361 g/mol. The molecule has 0 aliphatic rings. The SMILES string of the molecule is COc1cccc(/C=C/C(=O)OCC(=O)NCc2cccs2)c1OC. The van der Waals surface area contributed by atoms with Crippen LogP contribution >= 0.6 is 11.3 Å². The Hall–Kier alpha value is -2.80. The zero-order chi connectivity index (χ0) is 18.1. The zero-order valence-electron chi connectivity index (χ0n) is 14.0. The minimum atomic E-state index is -0.615. The fraction of sp³-hybridized carbons (Fsp3) is 0.222. The van der Waals surface area contributed by atoms with Gasteiger partial charge in [-0.1, -0.05) is 18.2 Å². The lowest BCUT2D eigenvalue weighted by molar-refractivity contribution is -0.143. The Labute approximate surface area is 150 Å². The minimum absolute atomic E-state index is 0.330. The van der Waals surface area contributed by atoms with Crippen molar-refractivity contribution < 1.29 is 23.8 Å². The highest BCUT2D eigenvalue weighted by Gasteiger charge is 2.08. The first-order valence-electron chi connectivity index (χ1n) is 7.49. The second kappa shape index (κ2) is 9.48. The normalized spacial score (nSPS) is 10.5. The Bertz CT molecular complexity index is 740. The molecule has 0 bridgehead atoms. The summed E-state index contributed by atoms with van der Waals surface area (Å²) >= 11 is 1.55. The minimum Gasteiger partial charge on any atom is -0.493 e. The van der Waals surface area contributed by atoms with Crippen LogP contribution in [0.2, 0.25) is 0 Å². The molecular weight excluding hydrogens is 342 g/mol. The number of thiophene rings is 1. The molecule has 6 nitrogen and oxygen atoms in total. The smallest absolute Gasteiger partial charge is 0.331 e. The molecule has 2 rings (SSSR count). The molecule has 1 aromatic heterocycles. The van der Waals surface area contributed by atoms with Crippen molar-refractivity contribution in [2.45, 2.75) is 6.54 Å². The van der Waals surface area contributed by atoms with Gasteiger partial charge >= 0.3 is 5.97 Å². The summed E-state index contributed by atoms with van der Waals surface area (Å²) in [5.41, 5.74) is 0.668. The molecule has 2 aromatic rings. The van der Waals surface area contributed by atoms with Gasteiger partial charge in [-0.25, -0.2) is 4.79 Å². The Morgan fingerprint density at radius 2 is 2.00 bits per heavy atom. The highest BCUT2D eigenvalue weighted by Crippen LogP contribution is 2.31. The van der Waals surface area contributed by atoms with Crippen molar-refractivity contribution in [3.63, 3.8) is 0 Å². The number of hydrogen-bond donors (Lipinski definition) is 1. The van der Waals surface area contributed by atoms with Crippen LogP contribution in [0.15, 0.2) is 41.8 Å². The molecule has 0 aliphatic heterocycles. The van der Waals surface area contributed by atoms with Crippen molar-refractivity contribution in [1.82, 2.24) is 5.32 Å². The Balaban J connectivity index is 1.83. The number of benzene rings is 1. The molecule has 7 heteroatoms. The lowest BCUT2D eigenvalue weighted by atomic mass is 10.1. The predicted molar refractivity (Wildman–Crippen MR) is 95.7 cm³/mol. The van der Waals surface area contributed by atoms with Crippen LogP contribution in [0.1, 0.15) is 10.4 Å². The van der Waals surface area contributed by atoms with E-state index < -0.39 is 5.97 Å². The largest absolute Gasteiger partial charge is 0.493 e. The van der Waals surface area contributed by atoms with Gasteiger partial charge in [-0.15, -0.1) is 11.3 Å². The number of carbonyl (C=O) groups excluding carboxylic acids is 2. The van der Waals surface area contributed by atoms with E-state index in [9.17, 15) is 9.59 Å².